The molecule has 0 aromatic heterocycles. The van der Waals surface area contributed by atoms with Crippen molar-refractivity contribution in [3.05, 3.63) is 35.1 Å². The van der Waals surface area contributed by atoms with Gasteiger partial charge in [0.15, 0.2) is 0 Å². The molecule has 1 aromatic rings. The fourth-order valence-corrected chi connectivity index (χ4v) is 1.35. The lowest BCUT2D eigenvalue weighted by molar-refractivity contribution is 0.587. The van der Waals surface area contributed by atoms with Gasteiger partial charge >= 0.3 is 0 Å². The number of benzene rings is 1. The van der Waals surface area contributed by atoms with Gasteiger partial charge in [0.25, 0.3) is 0 Å². The van der Waals surface area contributed by atoms with Crippen molar-refractivity contribution in [3.8, 4) is 0 Å². The molecule has 80 valence electrons. The molecule has 0 heterocycles. The summed E-state index contributed by atoms with van der Waals surface area (Å²) in [5.74, 6) is -0.113. The van der Waals surface area contributed by atoms with E-state index in [9.17, 15) is 4.39 Å². The van der Waals surface area contributed by atoms with Gasteiger partial charge in [0.05, 0.1) is 0 Å². The molecule has 0 aliphatic heterocycles. The van der Waals surface area contributed by atoms with E-state index >= 15 is 0 Å². The van der Waals surface area contributed by atoms with Crippen molar-refractivity contribution in [1.82, 2.24) is 0 Å². The molecule has 0 saturated heterocycles. The first-order valence-corrected chi connectivity index (χ1v) is 4.76. The minimum absolute atomic E-state index is 0. The van der Waals surface area contributed by atoms with Crippen LogP contribution in [0.15, 0.2) is 18.2 Å². The Labute approximate surface area is 90.9 Å². The minimum atomic E-state index is -0.113. The first kappa shape index (κ1) is 13.4. The largest absolute Gasteiger partial charge is 0.326 e. The lowest BCUT2D eigenvalue weighted by Crippen LogP contribution is -2.02. The summed E-state index contributed by atoms with van der Waals surface area (Å²) in [6.07, 6.45) is 2.94. The molecule has 2 N–H and O–H groups in total. The highest BCUT2D eigenvalue weighted by molar-refractivity contribution is 5.85. The predicted octanol–water partition coefficient (Wildman–Crippen LogP) is 3.05. The number of hydrogen-bond acceptors (Lipinski definition) is 1. The molecule has 1 aromatic carbocycles. The maximum atomic E-state index is 13.5. The molecular weight excluding hydrogens is 201 g/mol. The van der Waals surface area contributed by atoms with E-state index in [1.807, 2.05) is 12.1 Å². The van der Waals surface area contributed by atoms with Crippen LogP contribution in [0, 0.1) is 5.82 Å². The van der Waals surface area contributed by atoms with Crippen LogP contribution < -0.4 is 5.73 Å². The third kappa shape index (κ3) is 3.28. The van der Waals surface area contributed by atoms with Crippen LogP contribution in [0.25, 0.3) is 0 Å². The fourth-order valence-electron chi connectivity index (χ4n) is 1.35. The van der Waals surface area contributed by atoms with E-state index in [-0.39, 0.29) is 24.8 Å². The highest BCUT2D eigenvalue weighted by atomic mass is 35.5. The number of unbranched alkanes of at least 4 members (excludes halogenated alkanes) is 1. The van der Waals surface area contributed by atoms with Crippen molar-refractivity contribution in [2.24, 2.45) is 5.73 Å². The molecule has 1 nitrogen and oxygen atoms in total. The average Bonchev–Trinajstić information content (AvgIpc) is 2.16. The molecule has 0 unspecified atom stereocenters. The SMILES string of the molecule is CCCCc1cccc(CN)c1F.Cl. The zero-order chi connectivity index (χ0) is 9.68. The van der Waals surface area contributed by atoms with E-state index in [0.717, 1.165) is 24.8 Å². The Balaban J connectivity index is 0.00000169. The molecule has 0 radical (unpaired) electrons. The number of aryl methyl sites for hydroxylation is 1. The van der Waals surface area contributed by atoms with E-state index in [0.29, 0.717) is 5.56 Å². The van der Waals surface area contributed by atoms with E-state index in [1.54, 1.807) is 6.07 Å². The summed E-state index contributed by atoms with van der Waals surface area (Å²) in [5.41, 5.74) is 6.82. The lowest BCUT2D eigenvalue weighted by atomic mass is 10.0. The summed E-state index contributed by atoms with van der Waals surface area (Å²) in [6, 6.07) is 5.45. The van der Waals surface area contributed by atoms with Crippen molar-refractivity contribution >= 4 is 12.4 Å². The van der Waals surface area contributed by atoms with Crippen molar-refractivity contribution in [2.45, 2.75) is 32.7 Å². The summed E-state index contributed by atoms with van der Waals surface area (Å²) in [7, 11) is 0. The van der Waals surface area contributed by atoms with Crippen molar-refractivity contribution in [2.75, 3.05) is 0 Å². The number of nitrogens with two attached hydrogens (primary N) is 1. The summed E-state index contributed by atoms with van der Waals surface area (Å²) in [5, 5.41) is 0. The molecular formula is C11H17ClFN. The van der Waals surface area contributed by atoms with E-state index in [4.69, 9.17) is 5.73 Å². The first-order chi connectivity index (χ1) is 6.29. The Morgan fingerprint density at radius 2 is 1.93 bits per heavy atom. The fraction of sp³-hybridized carbons (Fsp3) is 0.455. The first-order valence-electron chi connectivity index (χ1n) is 4.76. The highest BCUT2D eigenvalue weighted by Gasteiger charge is 2.05. The zero-order valence-corrected chi connectivity index (χ0v) is 9.24. The zero-order valence-electron chi connectivity index (χ0n) is 8.42. The van der Waals surface area contributed by atoms with Crippen LogP contribution in [0.1, 0.15) is 30.9 Å². The second-order valence-corrected chi connectivity index (χ2v) is 3.20. The highest BCUT2D eigenvalue weighted by Crippen LogP contribution is 2.14. The van der Waals surface area contributed by atoms with Gasteiger partial charge in [0.2, 0.25) is 0 Å². The minimum Gasteiger partial charge on any atom is -0.326 e. The van der Waals surface area contributed by atoms with Gasteiger partial charge < -0.3 is 5.73 Å². The van der Waals surface area contributed by atoms with Gasteiger partial charge in [-0.25, -0.2) is 4.39 Å². The molecule has 1 rings (SSSR count). The van der Waals surface area contributed by atoms with E-state index in [2.05, 4.69) is 6.92 Å². The van der Waals surface area contributed by atoms with Gasteiger partial charge in [0, 0.05) is 12.1 Å². The number of hydrogen-bond donors (Lipinski definition) is 1. The maximum Gasteiger partial charge on any atom is 0.130 e. The van der Waals surface area contributed by atoms with Crippen molar-refractivity contribution in [3.63, 3.8) is 0 Å². The van der Waals surface area contributed by atoms with Crippen LogP contribution in [0.4, 0.5) is 4.39 Å². The molecule has 14 heavy (non-hydrogen) atoms. The van der Waals surface area contributed by atoms with Gasteiger partial charge in [-0.05, 0) is 18.4 Å². The van der Waals surface area contributed by atoms with Crippen LogP contribution in [0.2, 0.25) is 0 Å². The van der Waals surface area contributed by atoms with E-state index in [1.165, 1.54) is 0 Å². The molecule has 0 saturated carbocycles. The lowest BCUT2D eigenvalue weighted by Gasteiger charge is -2.05. The van der Waals surface area contributed by atoms with Crippen LogP contribution in [0.3, 0.4) is 0 Å². The summed E-state index contributed by atoms with van der Waals surface area (Å²) >= 11 is 0. The van der Waals surface area contributed by atoms with Crippen LogP contribution in [0.5, 0.6) is 0 Å². The van der Waals surface area contributed by atoms with Gasteiger partial charge in [-0.2, -0.15) is 0 Å². The molecule has 0 spiro atoms. The number of rotatable bonds is 4. The third-order valence-electron chi connectivity index (χ3n) is 2.18. The summed E-state index contributed by atoms with van der Waals surface area (Å²) in [4.78, 5) is 0. The third-order valence-corrected chi connectivity index (χ3v) is 2.18. The van der Waals surface area contributed by atoms with Gasteiger partial charge in [-0.15, -0.1) is 12.4 Å². The Bertz CT molecular complexity index is 276. The van der Waals surface area contributed by atoms with Gasteiger partial charge in [-0.1, -0.05) is 31.5 Å². The van der Waals surface area contributed by atoms with Crippen molar-refractivity contribution in [1.29, 1.82) is 0 Å². The maximum absolute atomic E-state index is 13.5. The Hall–Kier alpha value is -0.600. The number of halogens is 2. The Kier molecular flexibility index (Phi) is 6.50. The standard InChI is InChI=1S/C11H16FN.ClH/c1-2-3-5-9-6-4-7-10(8-13)11(9)12;/h4,6-7H,2-3,5,8,13H2,1H3;1H. The molecule has 0 bridgehead atoms. The van der Waals surface area contributed by atoms with Crippen LogP contribution in [-0.2, 0) is 13.0 Å². The molecule has 3 heteroatoms. The monoisotopic (exact) mass is 217 g/mol. The smallest absolute Gasteiger partial charge is 0.130 e. The summed E-state index contributed by atoms with van der Waals surface area (Å²) < 4.78 is 13.5. The van der Waals surface area contributed by atoms with Crippen LogP contribution in [-0.4, -0.2) is 0 Å². The normalized spacial score (nSPS) is 9.64. The van der Waals surface area contributed by atoms with Crippen molar-refractivity contribution < 1.29 is 4.39 Å². The molecule has 0 fully saturated rings. The quantitative estimate of drug-likeness (QED) is 0.825. The Morgan fingerprint density at radius 1 is 1.29 bits per heavy atom. The second-order valence-electron chi connectivity index (χ2n) is 3.20. The van der Waals surface area contributed by atoms with Gasteiger partial charge in [-0.3, -0.25) is 0 Å². The molecule has 0 aliphatic rings. The second kappa shape index (κ2) is 6.80. The Morgan fingerprint density at radius 3 is 2.50 bits per heavy atom. The van der Waals surface area contributed by atoms with Gasteiger partial charge in [0.1, 0.15) is 5.82 Å². The molecule has 0 amide bonds. The van der Waals surface area contributed by atoms with Crippen LogP contribution >= 0.6 is 12.4 Å². The average molecular weight is 218 g/mol. The molecule has 0 aliphatic carbocycles. The predicted molar refractivity (Wildman–Crippen MR) is 60.2 cm³/mol. The topological polar surface area (TPSA) is 26.0 Å². The summed E-state index contributed by atoms with van der Waals surface area (Å²) in [6.45, 7) is 2.39. The molecule has 0 atom stereocenters. The van der Waals surface area contributed by atoms with E-state index < -0.39 is 0 Å².